The first-order valence-electron chi connectivity index (χ1n) is 6.00. The summed E-state index contributed by atoms with van der Waals surface area (Å²) in [6.45, 7) is 0. The maximum atomic E-state index is 4.75. The summed E-state index contributed by atoms with van der Waals surface area (Å²) in [6.07, 6.45) is 0. The molecule has 94 valence electrons. The molecule has 2 aromatic carbocycles. The van der Waals surface area contributed by atoms with Gasteiger partial charge in [-0.2, -0.15) is 0 Å². The predicted molar refractivity (Wildman–Crippen MR) is 78.4 cm³/mol. The van der Waals surface area contributed by atoms with Crippen LogP contribution in [-0.2, 0) is 0 Å². The third-order valence-corrected chi connectivity index (χ3v) is 2.79. The lowest BCUT2D eigenvalue weighted by atomic mass is 10.1. The zero-order valence-electron chi connectivity index (χ0n) is 11.4. The number of benzene rings is 2. The SMILES string of the molecule is CN(C)C(=Nc1cccc2ccccc12)N(C)C. The molecular weight excluding hydrogens is 222 g/mol. The summed E-state index contributed by atoms with van der Waals surface area (Å²) in [5.41, 5.74) is 1.01. The summed E-state index contributed by atoms with van der Waals surface area (Å²) in [6, 6.07) is 14.5. The molecule has 0 aliphatic rings. The molecule has 18 heavy (non-hydrogen) atoms. The average molecular weight is 241 g/mol. The highest BCUT2D eigenvalue weighted by Gasteiger charge is 2.06. The first-order valence-corrected chi connectivity index (χ1v) is 6.00. The van der Waals surface area contributed by atoms with E-state index < -0.39 is 0 Å². The van der Waals surface area contributed by atoms with Gasteiger partial charge in [0.05, 0.1) is 5.69 Å². The fraction of sp³-hybridized carbons (Fsp3) is 0.267. The van der Waals surface area contributed by atoms with Crippen molar-refractivity contribution in [1.29, 1.82) is 0 Å². The van der Waals surface area contributed by atoms with Crippen LogP contribution >= 0.6 is 0 Å². The molecule has 0 spiro atoms. The summed E-state index contributed by atoms with van der Waals surface area (Å²) in [5.74, 6) is 0.936. The molecule has 2 rings (SSSR count). The lowest BCUT2D eigenvalue weighted by Gasteiger charge is -2.22. The van der Waals surface area contributed by atoms with E-state index in [2.05, 4.69) is 30.3 Å². The summed E-state index contributed by atoms with van der Waals surface area (Å²) < 4.78 is 0. The summed E-state index contributed by atoms with van der Waals surface area (Å²) >= 11 is 0. The van der Waals surface area contributed by atoms with Crippen molar-refractivity contribution in [3.05, 3.63) is 42.5 Å². The van der Waals surface area contributed by atoms with Gasteiger partial charge in [0, 0.05) is 33.6 Å². The second kappa shape index (κ2) is 5.08. The van der Waals surface area contributed by atoms with Crippen LogP contribution in [0.4, 0.5) is 5.69 Å². The van der Waals surface area contributed by atoms with E-state index in [1.54, 1.807) is 0 Å². The highest BCUT2D eigenvalue weighted by molar-refractivity contribution is 5.95. The Morgan fingerprint density at radius 3 is 2.11 bits per heavy atom. The molecule has 0 saturated carbocycles. The quantitative estimate of drug-likeness (QED) is 0.564. The number of hydrogen-bond acceptors (Lipinski definition) is 1. The molecule has 0 amide bonds. The zero-order chi connectivity index (χ0) is 13.1. The van der Waals surface area contributed by atoms with Crippen molar-refractivity contribution in [2.45, 2.75) is 0 Å². The smallest absolute Gasteiger partial charge is 0.200 e. The van der Waals surface area contributed by atoms with E-state index in [-0.39, 0.29) is 0 Å². The Labute approximate surface area is 108 Å². The van der Waals surface area contributed by atoms with Gasteiger partial charge < -0.3 is 9.80 Å². The van der Waals surface area contributed by atoms with E-state index in [9.17, 15) is 0 Å². The minimum atomic E-state index is 0.936. The molecule has 0 fully saturated rings. The largest absolute Gasteiger partial charge is 0.349 e. The maximum absolute atomic E-state index is 4.75. The highest BCUT2D eigenvalue weighted by atomic mass is 15.3. The van der Waals surface area contributed by atoms with Crippen molar-refractivity contribution in [2.24, 2.45) is 4.99 Å². The number of rotatable bonds is 1. The molecule has 3 nitrogen and oxygen atoms in total. The van der Waals surface area contributed by atoms with Crippen LogP contribution in [0.3, 0.4) is 0 Å². The van der Waals surface area contributed by atoms with E-state index >= 15 is 0 Å². The van der Waals surface area contributed by atoms with Gasteiger partial charge in [-0.3, -0.25) is 0 Å². The number of aliphatic imine (C=N–C) groups is 1. The lowest BCUT2D eigenvalue weighted by Crippen LogP contribution is -2.35. The zero-order valence-corrected chi connectivity index (χ0v) is 11.4. The molecule has 0 bridgehead atoms. The normalized spacial score (nSPS) is 10.2. The van der Waals surface area contributed by atoms with Crippen LogP contribution in [0.5, 0.6) is 0 Å². The fourth-order valence-electron chi connectivity index (χ4n) is 2.01. The monoisotopic (exact) mass is 241 g/mol. The summed E-state index contributed by atoms with van der Waals surface area (Å²) in [7, 11) is 8.02. The van der Waals surface area contributed by atoms with Crippen molar-refractivity contribution >= 4 is 22.4 Å². The number of hydrogen-bond donors (Lipinski definition) is 0. The number of fused-ring (bicyclic) bond motifs is 1. The molecule has 0 aliphatic heterocycles. The van der Waals surface area contributed by atoms with E-state index in [0.717, 1.165) is 11.6 Å². The van der Waals surface area contributed by atoms with Crippen molar-refractivity contribution < 1.29 is 0 Å². The van der Waals surface area contributed by atoms with Crippen LogP contribution in [0.2, 0.25) is 0 Å². The third-order valence-electron chi connectivity index (χ3n) is 2.79. The molecule has 0 atom stereocenters. The van der Waals surface area contributed by atoms with Gasteiger partial charge in [0.1, 0.15) is 0 Å². The van der Waals surface area contributed by atoms with Crippen molar-refractivity contribution in [3.8, 4) is 0 Å². The number of guanidine groups is 1. The van der Waals surface area contributed by atoms with Crippen molar-refractivity contribution in [2.75, 3.05) is 28.2 Å². The van der Waals surface area contributed by atoms with Gasteiger partial charge in [0.25, 0.3) is 0 Å². The van der Waals surface area contributed by atoms with Crippen molar-refractivity contribution in [3.63, 3.8) is 0 Å². The van der Waals surface area contributed by atoms with Crippen LogP contribution in [0.1, 0.15) is 0 Å². The standard InChI is InChI=1S/C15H19N3/c1-17(2)15(18(3)4)16-14-11-7-9-12-8-5-6-10-13(12)14/h5-11H,1-4H3. The van der Waals surface area contributed by atoms with Gasteiger partial charge in [-0.25, -0.2) is 4.99 Å². The topological polar surface area (TPSA) is 18.8 Å². The molecule has 0 N–H and O–H groups in total. The highest BCUT2D eigenvalue weighted by Crippen LogP contribution is 2.25. The average Bonchev–Trinajstić information content (AvgIpc) is 2.35. The minimum absolute atomic E-state index is 0.936. The third kappa shape index (κ3) is 2.45. The Kier molecular flexibility index (Phi) is 3.51. The van der Waals surface area contributed by atoms with Gasteiger partial charge in [0.15, 0.2) is 0 Å². The van der Waals surface area contributed by atoms with Crippen molar-refractivity contribution in [1.82, 2.24) is 9.80 Å². The molecule has 0 saturated heterocycles. The van der Waals surface area contributed by atoms with Gasteiger partial charge in [-0.15, -0.1) is 0 Å². The molecular formula is C15H19N3. The Bertz CT molecular complexity index is 555. The molecule has 0 heterocycles. The maximum Gasteiger partial charge on any atom is 0.200 e. The molecule has 0 unspecified atom stereocenters. The van der Waals surface area contributed by atoms with Crippen LogP contribution < -0.4 is 0 Å². The molecule has 0 aliphatic carbocycles. The van der Waals surface area contributed by atoms with Crippen LogP contribution in [0, 0.1) is 0 Å². The minimum Gasteiger partial charge on any atom is -0.349 e. The summed E-state index contributed by atoms with van der Waals surface area (Å²) in [4.78, 5) is 8.79. The molecule has 0 radical (unpaired) electrons. The number of nitrogens with zero attached hydrogens (tertiary/aromatic N) is 3. The van der Waals surface area contributed by atoms with E-state index in [1.165, 1.54) is 10.8 Å². The van der Waals surface area contributed by atoms with Gasteiger partial charge in [0.2, 0.25) is 5.96 Å². The second-order valence-corrected chi connectivity index (χ2v) is 4.70. The van der Waals surface area contributed by atoms with E-state index in [4.69, 9.17) is 4.99 Å². The van der Waals surface area contributed by atoms with E-state index in [1.807, 2.05) is 50.1 Å². The van der Waals surface area contributed by atoms with Crippen LogP contribution in [0.25, 0.3) is 10.8 Å². The van der Waals surface area contributed by atoms with Gasteiger partial charge >= 0.3 is 0 Å². The first kappa shape index (κ1) is 12.4. The Balaban J connectivity index is 2.57. The van der Waals surface area contributed by atoms with Crippen LogP contribution in [-0.4, -0.2) is 44.0 Å². The van der Waals surface area contributed by atoms with Gasteiger partial charge in [-0.05, 0) is 11.5 Å². The molecule has 3 heteroatoms. The first-order chi connectivity index (χ1) is 8.59. The Morgan fingerprint density at radius 1 is 0.833 bits per heavy atom. The Morgan fingerprint density at radius 2 is 1.44 bits per heavy atom. The second-order valence-electron chi connectivity index (χ2n) is 4.70. The van der Waals surface area contributed by atoms with E-state index in [0.29, 0.717) is 0 Å². The fourth-order valence-corrected chi connectivity index (χ4v) is 2.01. The lowest BCUT2D eigenvalue weighted by molar-refractivity contribution is 0.484. The summed E-state index contributed by atoms with van der Waals surface area (Å²) in [5, 5.41) is 2.40. The molecule has 2 aromatic rings. The van der Waals surface area contributed by atoms with Gasteiger partial charge in [-0.1, -0.05) is 36.4 Å². The van der Waals surface area contributed by atoms with Crippen LogP contribution in [0.15, 0.2) is 47.5 Å². The molecule has 0 aromatic heterocycles. The Hall–Kier alpha value is -2.03. The predicted octanol–water partition coefficient (Wildman–Crippen LogP) is 2.95.